The summed E-state index contributed by atoms with van der Waals surface area (Å²) in [5, 5.41) is 0. The number of carbonyl (C=O) groups excluding carboxylic acids is 1. The molecule has 0 saturated heterocycles. The summed E-state index contributed by atoms with van der Waals surface area (Å²) in [7, 11) is 0.844. The largest absolute Gasteiger partial charge is 0.496 e. The van der Waals surface area contributed by atoms with Gasteiger partial charge in [0.25, 0.3) is 0 Å². The Morgan fingerprint density at radius 1 is 1.00 bits per heavy atom. The maximum atomic E-state index is 12.8. The van der Waals surface area contributed by atoms with Crippen LogP contribution in [0.4, 0.5) is 35.1 Å². The fourth-order valence-electron chi connectivity index (χ4n) is 1.38. The van der Waals surface area contributed by atoms with Crippen molar-refractivity contribution >= 4 is 5.78 Å². The Balaban J connectivity index is 3.37. The highest BCUT2D eigenvalue weighted by Gasteiger charge is 2.63. The molecule has 118 valence electrons. The first-order valence-corrected chi connectivity index (χ1v) is 5.07. The van der Waals surface area contributed by atoms with E-state index in [1.807, 2.05) is 0 Å². The van der Waals surface area contributed by atoms with Crippen LogP contribution >= 0.6 is 0 Å². The minimum absolute atomic E-state index is 0.110. The average molecular weight is 322 g/mol. The quantitative estimate of drug-likeness (QED) is 0.619. The summed E-state index contributed by atoms with van der Waals surface area (Å²) in [5.74, 6) is -9.37. The van der Waals surface area contributed by atoms with Crippen molar-refractivity contribution in [2.24, 2.45) is 0 Å². The van der Waals surface area contributed by atoms with Gasteiger partial charge in [-0.15, -0.1) is 0 Å². The number of alkyl halides is 8. The summed E-state index contributed by atoms with van der Waals surface area (Å²) in [6, 6.07) is 0.777. The molecule has 0 atom stereocenters. The van der Waals surface area contributed by atoms with Crippen LogP contribution in [0.5, 0.6) is 5.75 Å². The monoisotopic (exact) mass is 322 g/mol. The fourth-order valence-corrected chi connectivity index (χ4v) is 1.38. The third-order valence-electron chi connectivity index (χ3n) is 2.41. The van der Waals surface area contributed by atoms with Crippen LogP contribution in [0.3, 0.4) is 0 Å². The number of carbonyl (C=O) groups is 1. The molecule has 0 unspecified atom stereocenters. The highest BCUT2D eigenvalue weighted by atomic mass is 19.4. The van der Waals surface area contributed by atoms with Crippen LogP contribution in [0.1, 0.15) is 15.9 Å². The van der Waals surface area contributed by atoms with Gasteiger partial charge in [-0.3, -0.25) is 4.79 Å². The highest BCUT2D eigenvalue weighted by molar-refractivity contribution is 6.02. The minimum atomic E-state index is -6.21. The molecule has 10 heteroatoms. The summed E-state index contributed by atoms with van der Waals surface area (Å²) in [6.07, 6.45) is -11.3. The lowest BCUT2D eigenvalue weighted by Crippen LogP contribution is -2.44. The van der Waals surface area contributed by atoms with Gasteiger partial charge in [0, 0.05) is 5.56 Å². The van der Waals surface area contributed by atoms with Crippen molar-refractivity contribution in [3.8, 4) is 5.75 Å². The van der Waals surface area contributed by atoms with Gasteiger partial charge >= 0.3 is 18.3 Å². The van der Waals surface area contributed by atoms with Crippen LogP contribution in [-0.4, -0.2) is 25.0 Å². The van der Waals surface area contributed by atoms with Gasteiger partial charge in [0.05, 0.1) is 12.7 Å². The highest BCUT2D eigenvalue weighted by Crippen LogP contribution is 2.41. The molecule has 0 spiro atoms. The van der Waals surface area contributed by atoms with E-state index in [2.05, 4.69) is 4.74 Å². The Morgan fingerprint density at radius 2 is 1.52 bits per heavy atom. The van der Waals surface area contributed by atoms with Crippen molar-refractivity contribution in [3.63, 3.8) is 0 Å². The zero-order chi connectivity index (χ0) is 16.6. The van der Waals surface area contributed by atoms with Gasteiger partial charge in [0.15, 0.2) is 0 Å². The number of Topliss-reactive ketones (excluding diaryl/α,β-unsaturated/α-hetero) is 1. The van der Waals surface area contributed by atoms with Crippen molar-refractivity contribution in [2.45, 2.75) is 18.3 Å². The van der Waals surface area contributed by atoms with Gasteiger partial charge in [0.1, 0.15) is 5.75 Å². The molecule has 0 aliphatic heterocycles. The van der Waals surface area contributed by atoms with E-state index in [4.69, 9.17) is 0 Å². The number of rotatable bonds is 3. The zero-order valence-corrected chi connectivity index (χ0v) is 10.1. The number of methoxy groups -OCH3 is 1. The Bertz CT molecular complexity index is 544. The normalized spacial score (nSPS) is 13.2. The molecule has 2 nitrogen and oxygen atoms in total. The summed E-state index contributed by atoms with van der Waals surface area (Å²) in [6.45, 7) is 0. The topological polar surface area (TPSA) is 26.3 Å². The molecule has 0 fully saturated rings. The van der Waals surface area contributed by atoms with E-state index >= 15 is 0 Å². The number of ether oxygens (including phenoxy) is 1. The number of hydrogen-bond acceptors (Lipinski definition) is 2. The summed E-state index contributed by atoms with van der Waals surface area (Å²) >= 11 is 0. The molecule has 0 radical (unpaired) electrons. The van der Waals surface area contributed by atoms with Crippen LogP contribution in [0, 0.1) is 0 Å². The summed E-state index contributed by atoms with van der Waals surface area (Å²) in [5.41, 5.74) is -3.06. The first-order valence-electron chi connectivity index (χ1n) is 5.07. The van der Waals surface area contributed by atoms with Crippen molar-refractivity contribution in [1.29, 1.82) is 0 Å². The van der Waals surface area contributed by atoms with Gasteiger partial charge in [-0.25, -0.2) is 0 Å². The molecule has 0 aliphatic carbocycles. The second-order valence-corrected chi connectivity index (χ2v) is 3.81. The number of ketones is 1. The second kappa shape index (κ2) is 5.15. The van der Waals surface area contributed by atoms with Crippen molar-refractivity contribution in [1.82, 2.24) is 0 Å². The molecule has 0 bridgehead atoms. The lowest BCUT2D eigenvalue weighted by atomic mass is 10.0. The molecule has 0 aliphatic rings. The van der Waals surface area contributed by atoms with E-state index in [0.29, 0.717) is 12.1 Å². The molecule has 1 rings (SSSR count). The third-order valence-corrected chi connectivity index (χ3v) is 2.41. The maximum absolute atomic E-state index is 12.8. The van der Waals surface area contributed by atoms with Crippen LogP contribution in [0.2, 0.25) is 0 Å². The van der Waals surface area contributed by atoms with Gasteiger partial charge < -0.3 is 4.74 Å². The lowest BCUT2D eigenvalue weighted by molar-refractivity contribution is -0.255. The molecule has 0 saturated carbocycles. The van der Waals surface area contributed by atoms with Crippen LogP contribution in [-0.2, 0) is 6.18 Å². The Kier molecular flexibility index (Phi) is 4.22. The van der Waals surface area contributed by atoms with E-state index in [0.717, 1.165) is 7.11 Å². The number of halogens is 8. The smallest absolute Gasteiger partial charge is 0.461 e. The number of hydrogen-bond donors (Lipinski definition) is 0. The van der Waals surface area contributed by atoms with Crippen LogP contribution < -0.4 is 4.74 Å². The minimum Gasteiger partial charge on any atom is -0.496 e. The predicted octanol–water partition coefficient (Wildman–Crippen LogP) is 4.09. The van der Waals surface area contributed by atoms with E-state index in [1.54, 1.807) is 0 Å². The van der Waals surface area contributed by atoms with Crippen molar-refractivity contribution < 1.29 is 44.7 Å². The first-order chi connectivity index (χ1) is 9.32. The van der Waals surface area contributed by atoms with Crippen molar-refractivity contribution in [3.05, 3.63) is 29.3 Å². The Hall–Kier alpha value is -1.87. The fraction of sp³-hybridized carbons (Fsp3) is 0.364. The Labute approximate surface area is 112 Å². The summed E-state index contributed by atoms with van der Waals surface area (Å²) < 4.78 is 104. The molecule has 0 amide bonds. The maximum Gasteiger partial charge on any atom is 0.461 e. The molecule has 0 heterocycles. The van der Waals surface area contributed by atoms with Gasteiger partial charge in [-0.2, -0.15) is 35.1 Å². The van der Waals surface area contributed by atoms with Crippen LogP contribution in [0.15, 0.2) is 18.2 Å². The van der Waals surface area contributed by atoms with Gasteiger partial charge in [0.2, 0.25) is 5.78 Å². The summed E-state index contributed by atoms with van der Waals surface area (Å²) in [4.78, 5) is 11.1. The standard InChI is InChI=1S/C11H6F8O2/c1-21-7-3-2-5(4-6(7)10(14,15)16)8(20)9(12,13)11(17,18)19/h2-4H,1H3. The predicted molar refractivity (Wildman–Crippen MR) is 53.3 cm³/mol. The van der Waals surface area contributed by atoms with E-state index in [-0.39, 0.29) is 6.07 Å². The first kappa shape index (κ1) is 17.2. The lowest BCUT2D eigenvalue weighted by Gasteiger charge is -2.19. The second-order valence-electron chi connectivity index (χ2n) is 3.81. The van der Waals surface area contributed by atoms with Crippen molar-refractivity contribution in [2.75, 3.05) is 7.11 Å². The molecular formula is C11H6F8O2. The molecule has 0 aromatic heterocycles. The van der Waals surface area contributed by atoms with E-state index in [1.165, 1.54) is 0 Å². The SMILES string of the molecule is COc1ccc(C(=O)C(F)(F)C(F)(F)F)cc1C(F)(F)F. The molecule has 1 aromatic rings. The third kappa shape index (κ3) is 3.24. The average Bonchev–Trinajstić information content (AvgIpc) is 2.34. The van der Waals surface area contributed by atoms with Gasteiger partial charge in [-0.1, -0.05) is 0 Å². The number of benzene rings is 1. The molecule has 1 aromatic carbocycles. The van der Waals surface area contributed by atoms with E-state index in [9.17, 15) is 39.9 Å². The Morgan fingerprint density at radius 3 is 1.90 bits per heavy atom. The van der Waals surface area contributed by atoms with E-state index < -0.39 is 40.9 Å². The van der Waals surface area contributed by atoms with Gasteiger partial charge in [-0.05, 0) is 18.2 Å². The zero-order valence-electron chi connectivity index (χ0n) is 10.1. The van der Waals surface area contributed by atoms with Crippen LogP contribution in [0.25, 0.3) is 0 Å². The molecule has 21 heavy (non-hydrogen) atoms. The molecule has 0 N–H and O–H groups in total. The molecular weight excluding hydrogens is 316 g/mol.